The first-order chi connectivity index (χ1) is 10.2. The highest BCUT2D eigenvalue weighted by Crippen LogP contribution is 2.22. The summed E-state index contributed by atoms with van der Waals surface area (Å²) in [5.41, 5.74) is 3.35. The van der Waals surface area contributed by atoms with E-state index in [2.05, 4.69) is 27.5 Å². The van der Waals surface area contributed by atoms with Crippen LogP contribution in [0, 0.1) is 6.92 Å². The molecule has 0 aliphatic heterocycles. The molecule has 0 amide bonds. The molecule has 0 saturated carbocycles. The van der Waals surface area contributed by atoms with Crippen LogP contribution in [0.5, 0.6) is 0 Å². The van der Waals surface area contributed by atoms with E-state index in [0.717, 1.165) is 34.3 Å². The number of hydrogen-bond donors (Lipinski definition) is 2. The molecule has 0 aliphatic rings. The maximum Gasteiger partial charge on any atom is 0.170 e. The summed E-state index contributed by atoms with van der Waals surface area (Å²) in [6.07, 6.45) is 0. The van der Waals surface area contributed by atoms with Gasteiger partial charge >= 0.3 is 0 Å². The minimum atomic E-state index is 0.636. The smallest absolute Gasteiger partial charge is 0.170 e. The summed E-state index contributed by atoms with van der Waals surface area (Å²) in [5, 5.41) is 12.1. The van der Waals surface area contributed by atoms with Crippen molar-refractivity contribution in [1.29, 1.82) is 0 Å². The van der Waals surface area contributed by atoms with Gasteiger partial charge in [-0.25, -0.2) is 0 Å². The van der Waals surface area contributed by atoms with E-state index in [9.17, 15) is 0 Å². The normalized spacial score (nSPS) is 10.4. The van der Waals surface area contributed by atoms with Crippen molar-refractivity contribution in [3.05, 3.63) is 51.2 Å². The Morgan fingerprint density at radius 2 is 2.24 bits per heavy atom. The standard InChI is InChI=1S/C15H17ClN2S3/c1-11-13(16)3-2-4-14(11)18-15(19)17-6-8-21-10-12-5-7-20-9-12/h2-5,7,9H,6,8,10H2,1H3,(H2,17,18,19). The molecule has 0 unspecified atom stereocenters. The largest absolute Gasteiger partial charge is 0.362 e. The van der Waals surface area contributed by atoms with Crippen molar-refractivity contribution in [2.24, 2.45) is 0 Å². The van der Waals surface area contributed by atoms with Crippen LogP contribution in [0.15, 0.2) is 35.0 Å². The second-order valence-electron chi connectivity index (χ2n) is 4.48. The Morgan fingerprint density at radius 3 is 3.00 bits per heavy atom. The molecule has 0 spiro atoms. The van der Waals surface area contributed by atoms with E-state index in [4.69, 9.17) is 23.8 Å². The molecule has 1 heterocycles. The predicted molar refractivity (Wildman–Crippen MR) is 101 cm³/mol. The van der Waals surface area contributed by atoms with E-state index < -0.39 is 0 Å². The van der Waals surface area contributed by atoms with E-state index in [1.165, 1.54) is 5.56 Å². The highest BCUT2D eigenvalue weighted by molar-refractivity contribution is 7.98. The van der Waals surface area contributed by atoms with E-state index in [-0.39, 0.29) is 0 Å². The fourth-order valence-corrected chi connectivity index (χ4v) is 3.68. The van der Waals surface area contributed by atoms with E-state index >= 15 is 0 Å². The molecular formula is C15H17ClN2S3. The van der Waals surface area contributed by atoms with Crippen molar-refractivity contribution >= 4 is 57.7 Å². The van der Waals surface area contributed by atoms with Crippen LogP contribution < -0.4 is 10.6 Å². The molecule has 0 bridgehead atoms. The Bertz CT molecular complexity index is 585. The van der Waals surface area contributed by atoms with Gasteiger partial charge in [-0.05, 0) is 59.2 Å². The van der Waals surface area contributed by atoms with Crippen LogP contribution in [0.2, 0.25) is 5.02 Å². The quantitative estimate of drug-likeness (QED) is 0.566. The van der Waals surface area contributed by atoms with Crippen molar-refractivity contribution < 1.29 is 0 Å². The van der Waals surface area contributed by atoms with Crippen LogP contribution in [0.1, 0.15) is 11.1 Å². The molecule has 0 fully saturated rings. The number of rotatable bonds is 6. The van der Waals surface area contributed by atoms with Gasteiger partial charge in [0.05, 0.1) is 0 Å². The first kappa shape index (κ1) is 16.6. The van der Waals surface area contributed by atoms with Crippen molar-refractivity contribution in [1.82, 2.24) is 5.32 Å². The summed E-state index contributed by atoms with van der Waals surface area (Å²) in [4.78, 5) is 0. The summed E-state index contributed by atoms with van der Waals surface area (Å²) in [5.74, 6) is 2.07. The first-order valence-corrected chi connectivity index (χ1v) is 9.44. The molecule has 21 heavy (non-hydrogen) atoms. The van der Waals surface area contributed by atoms with Gasteiger partial charge in [-0.2, -0.15) is 23.1 Å². The fourth-order valence-electron chi connectivity index (χ4n) is 1.71. The lowest BCUT2D eigenvalue weighted by Crippen LogP contribution is -2.30. The Hall–Kier alpha value is -0.750. The molecular weight excluding hydrogens is 340 g/mol. The number of nitrogens with one attached hydrogen (secondary N) is 2. The summed E-state index contributed by atoms with van der Waals surface area (Å²) < 4.78 is 0. The molecule has 112 valence electrons. The summed E-state index contributed by atoms with van der Waals surface area (Å²) in [6.45, 7) is 2.82. The van der Waals surface area contributed by atoms with Crippen LogP contribution in [0.4, 0.5) is 5.69 Å². The van der Waals surface area contributed by atoms with Gasteiger partial charge in [-0.3, -0.25) is 0 Å². The molecule has 0 saturated heterocycles. The van der Waals surface area contributed by atoms with Crippen molar-refractivity contribution in [2.45, 2.75) is 12.7 Å². The predicted octanol–water partition coefficient (Wildman–Crippen LogP) is 4.93. The first-order valence-electron chi connectivity index (χ1n) is 6.55. The molecule has 1 aromatic carbocycles. The van der Waals surface area contributed by atoms with Crippen LogP contribution >= 0.6 is 46.9 Å². The molecule has 2 N–H and O–H groups in total. The van der Waals surface area contributed by atoms with Crippen LogP contribution in [0.25, 0.3) is 0 Å². The van der Waals surface area contributed by atoms with Crippen molar-refractivity contribution in [3.8, 4) is 0 Å². The molecule has 1 aromatic heterocycles. The minimum absolute atomic E-state index is 0.636. The second-order valence-corrected chi connectivity index (χ2v) is 7.18. The van der Waals surface area contributed by atoms with Crippen molar-refractivity contribution in [3.63, 3.8) is 0 Å². The van der Waals surface area contributed by atoms with Crippen molar-refractivity contribution in [2.75, 3.05) is 17.6 Å². The van der Waals surface area contributed by atoms with Gasteiger partial charge in [-0.15, -0.1) is 0 Å². The van der Waals surface area contributed by atoms with Crippen LogP contribution in [0.3, 0.4) is 0 Å². The number of thiophene rings is 1. The maximum atomic E-state index is 6.09. The van der Waals surface area contributed by atoms with E-state index in [1.54, 1.807) is 11.3 Å². The highest BCUT2D eigenvalue weighted by atomic mass is 35.5. The lowest BCUT2D eigenvalue weighted by atomic mass is 10.2. The zero-order valence-corrected chi connectivity index (χ0v) is 14.9. The number of halogens is 1. The summed E-state index contributed by atoms with van der Waals surface area (Å²) in [7, 11) is 0. The molecule has 6 heteroatoms. The van der Waals surface area contributed by atoms with E-state index in [0.29, 0.717) is 5.11 Å². The van der Waals surface area contributed by atoms with Gasteiger partial charge in [0.1, 0.15) is 0 Å². The number of thiocarbonyl (C=S) groups is 1. The third kappa shape index (κ3) is 5.51. The molecule has 0 atom stereocenters. The summed E-state index contributed by atoms with van der Waals surface area (Å²) in [6, 6.07) is 7.93. The minimum Gasteiger partial charge on any atom is -0.362 e. The van der Waals surface area contributed by atoms with Crippen LogP contribution in [-0.2, 0) is 5.75 Å². The lowest BCUT2D eigenvalue weighted by molar-refractivity contribution is 0.989. The zero-order chi connectivity index (χ0) is 15.1. The second kappa shape index (κ2) is 8.63. The summed E-state index contributed by atoms with van der Waals surface area (Å²) >= 11 is 15.0. The van der Waals surface area contributed by atoms with Crippen LogP contribution in [-0.4, -0.2) is 17.4 Å². The van der Waals surface area contributed by atoms with Gasteiger partial charge in [-0.1, -0.05) is 17.7 Å². The number of hydrogen-bond acceptors (Lipinski definition) is 3. The Labute approximate surface area is 144 Å². The Kier molecular flexibility index (Phi) is 6.83. The Balaban J connectivity index is 1.66. The number of anilines is 1. The van der Waals surface area contributed by atoms with E-state index in [1.807, 2.05) is 36.9 Å². The third-order valence-electron chi connectivity index (χ3n) is 2.90. The molecule has 2 rings (SSSR count). The van der Waals surface area contributed by atoms with Gasteiger partial charge in [0.25, 0.3) is 0 Å². The number of benzene rings is 1. The molecule has 2 nitrogen and oxygen atoms in total. The average Bonchev–Trinajstić information content (AvgIpc) is 2.97. The Morgan fingerprint density at radius 1 is 1.38 bits per heavy atom. The number of thioether (sulfide) groups is 1. The lowest BCUT2D eigenvalue weighted by Gasteiger charge is -2.13. The SMILES string of the molecule is Cc1c(Cl)cccc1NC(=S)NCCSCc1ccsc1. The van der Waals surface area contributed by atoms with Gasteiger partial charge in [0.2, 0.25) is 0 Å². The molecule has 0 radical (unpaired) electrons. The topological polar surface area (TPSA) is 24.1 Å². The maximum absolute atomic E-state index is 6.09. The average molecular weight is 357 g/mol. The van der Waals surface area contributed by atoms with Gasteiger partial charge in [0, 0.05) is 28.8 Å². The third-order valence-corrected chi connectivity index (χ3v) is 5.31. The van der Waals surface area contributed by atoms with Gasteiger partial charge in [0.15, 0.2) is 5.11 Å². The zero-order valence-electron chi connectivity index (χ0n) is 11.7. The highest BCUT2D eigenvalue weighted by Gasteiger charge is 2.03. The molecule has 2 aromatic rings. The van der Waals surface area contributed by atoms with Gasteiger partial charge < -0.3 is 10.6 Å². The fraction of sp³-hybridized carbons (Fsp3) is 0.267. The monoisotopic (exact) mass is 356 g/mol. The molecule has 0 aliphatic carbocycles.